The molecule has 0 saturated heterocycles. The summed E-state index contributed by atoms with van der Waals surface area (Å²) < 4.78 is 5.94. The molecule has 0 unspecified atom stereocenters. The smallest absolute Gasteiger partial charge is 0.335 e. The minimum atomic E-state index is -1.11. The lowest BCUT2D eigenvalue weighted by Gasteiger charge is -2.08. The lowest BCUT2D eigenvalue weighted by Crippen LogP contribution is -1.98. The third-order valence-corrected chi connectivity index (χ3v) is 3.12. The van der Waals surface area contributed by atoms with Crippen molar-refractivity contribution in [1.29, 1.82) is 0 Å². The van der Waals surface area contributed by atoms with Crippen LogP contribution in [0.15, 0.2) is 46.9 Å². The van der Waals surface area contributed by atoms with Gasteiger partial charge in [-0.05, 0) is 40.2 Å². The molecule has 2 rings (SSSR count). The number of carbonyl (C=O) groups is 1. The third-order valence-electron chi connectivity index (χ3n) is 2.46. The minimum absolute atomic E-state index is 0.0294. The molecular formula is C13H8BrNO5. The van der Waals surface area contributed by atoms with E-state index in [4.69, 9.17) is 9.84 Å². The van der Waals surface area contributed by atoms with Crippen LogP contribution in [0.1, 0.15) is 10.4 Å². The number of rotatable bonds is 4. The zero-order valence-corrected chi connectivity index (χ0v) is 11.5. The van der Waals surface area contributed by atoms with E-state index in [0.29, 0.717) is 4.47 Å². The first-order valence-electron chi connectivity index (χ1n) is 5.43. The number of halogens is 1. The average molecular weight is 338 g/mol. The van der Waals surface area contributed by atoms with Gasteiger partial charge in [-0.25, -0.2) is 4.79 Å². The molecule has 6 nitrogen and oxygen atoms in total. The SMILES string of the molecule is O=C(O)c1ccc(Br)c(Oc2ccccc2[N+](=O)[O-])c1. The summed E-state index contributed by atoms with van der Waals surface area (Å²) in [5.74, 6) is -0.871. The van der Waals surface area contributed by atoms with E-state index in [-0.39, 0.29) is 22.7 Å². The van der Waals surface area contributed by atoms with Crippen LogP contribution in [0, 0.1) is 10.1 Å². The quantitative estimate of drug-likeness (QED) is 0.676. The van der Waals surface area contributed by atoms with Gasteiger partial charge in [-0.1, -0.05) is 12.1 Å². The topological polar surface area (TPSA) is 89.7 Å². The number of aromatic carboxylic acids is 1. The van der Waals surface area contributed by atoms with Gasteiger partial charge in [0.25, 0.3) is 0 Å². The number of nitro benzene ring substituents is 1. The Morgan fingerprint density at radius 3 is 2.55 bits per heavy atom. The molecule has 1 N–H and O–H groups in total. The number of hydrogen-bond acceptors (Lipinski definition) is 4. The Kier molecular flexibility index (Phi) is 3.99. The highest BCUT2D eigenvalue weighted by Crippen LogP contribution is 2.35. The number of carboxylic acids is 1. The first-order valence-corrected chi connectivity index (χ1v) is 6.22. The molecule has 0 bridgehead atoms. The summed E-state index contributed by atoms with van der Waals surface area (Å²) in [6.07, 6.45) is 0. The molecule has 2 aromatic carbocycles. The van der Waals surface area contributed by atoms with E-state index in [1.54, 1.807) is 6.07 Å². The van der Waals surface area contributed by atoms with Crippen LogP contribution >= 0.6 is 15.9 Å². The third kappa shape index (κ3) is 2.94. The van der Waals surface area contributed by atoms with Crippen molar-refractivity contribution in [3.63, 3.8) is 0 Å². The largest absolute Gasteiger partial charge is 0.478 e. The van der Waals surface area contributed by atoms with Crippen LogP contribution in [-0.2, 0) is 0 Å². The molecule has 102 valence electrons. The van der Waals surface area contributed by atoms with Gasteiger partial charge in [0, 0.05) is 6.07 Å². The van der Waals surface area contributed by atoms with Gasteiger partial charge in [0.05, 0.1) is 15.0 Å². The van der Waals surface area contributed by atoms with Crippen LogP contribution in [0.4, 0.5) is 5.69 Å². The lowest BCUT2D eigenvalue weighted by atomic mass is 10.2. The van der Waals surface area contributed by atoms with Crippen molar-refractivity contribution >= 4 is 27.6 Å². The molecule has 0 saturated carbocycles. The standard InChI is InChI=1S/C13H8BrNO5/c14-9-6-5-8(13(16)17)7-12(9)20-11-4-2-1-3-10(11)15(18)19/h1-7H,(H,16,17). The fourth-order valence-corrected chi connectivity index (χ4v) is 1.85. The van der Waals surface area contributed by atoms with E-state index in [1.807, 2.05) is 0 Å². The summed E-state index contributed by atoms with van der Waals surface area (Å²) >= 11 is 3.21. The van der Waals surface area contributed by atoms with Gasteiger partial charge < -0.3 is 9.84 Å². The van der Waals surface area contributed by atoms with Gasteiger partial charge >= 0.3 is 11.7 Å². The van der Waals surface area contributed by atoms with Gasteiger partial charge in [-0.15, -0.1) is 0 Å². The van der Waals surface area contributed by atoms with Crippen LogP contribution < -0.4 is 4.74 Å². The van der Waals surface area contributed by atoms with Gasteiger partial charge in [0.15, 0.2) is 0 Å². The number of ether oxygens (including phenoxy) is 1. The van der Waals surface area contributed by atoms with Crippen LogP contribution in [0.2, 0.25) is 0 Å². The van der Waals surface area contributed by atoms with Crippen LogP contribution in [-0.4, -0.2) is 16.0 Å². The highest BCUT2D eigenvalue weighted by atomic mass is 79.9. The molecule has 0 aliphatic heterocycles. The van der Waals surface area contributed by atoms with E-state index in [1.165, 1.54) is 36.4 Å². The Morgan fingerprint density at radius 2 is 1.90 bits per heavy atom. The molecule has 20 heavy (non-hydrogen) atoms. The molecule has 0 atom stereocenters. The number of carboxylic acid groups (broad SMARTS) is 1. The highest BCUT2D eigenvalue weighted by Gasteiger charge is 2.16. The van der Waals surface area contributed by atoms with Crippen molar-refractivity contribution in [1.82, 2.24) is 0 Å². The van der Waals surface area contributed by atoms with E-state index in [2.05, 4.69) is 15.9 Å². The second-order valence-corrected chi connectivity index (χ2v) is 4.63. The average Bonchev–Trinajstić information content (AvgIpc) is 2.41. The Morgan fingerprint density at radius 1 is 1.20 bits per heavy atom. The molecule has 0 aliphatic rings. The second kappa shape index (κ2) is 5.70. The van der Waals surface area contributed by atoms with E-state index < -0.39 is 10.9 Å². The second-order valence-electron chi connectivity index (χ2n) is 3.78. The Labute approximate surface area is 121 Å². The zero-order valence-electron chi connectivity index (χ0n) is 9.95. The van der Waals surface area contributed by atoms with Crippen molar-refractivity contribution in [2.75, 3.05) is 0 Å². The number of nitro groups is 1. The van der Waals surface area contributed by atoms with Crippen molar-refractivity contribution in [2.45, 2.75) is 0 Å². The summed E-state index contributed by atoms with van der Waals surface area (Å²) in [5.41, 5.74) is -0.165. The molecule has 0 aromatic heterocycles. The summed E-state index contributed by atoms with van der Waals surface area (Å²) in [4.78, 5) is 21.2. The van der Waals surface area contributed by atoms with E-state index >= 15 is 0 Å². The maximum atomic E-state index is 10.9. The Hall–Kier alpha value is -2.41. The molecule has 0 heterocycles. The van der Waals surface area contributed by atoms with Gasteiger partial charge in [-0.2, -0.15) is 0 Å². The Bertz CT molecular complexity index is 686. The molecule has 7 heteroatoms. The highest BCUT2D eigenvalue weighted by molar-refractivity contribution is 9.10. The lowest BCUT2D eigenvalue weighted by molar-refractivity contribution is -0.385. The summed E-state index contributed by atoms with van der Waals surface area (Å²) in [5, 5.41) is 19.8. The Balaban J connectivity index is 2.42. The number of nitrogens with zero attached hydrogens (tertiary/aromatic N) is 1. The first kappa shape index (κ1) is 14.0. The molecule has 0 amide bonds. The minimum Gasteiger partial charge on any atom is -0.478 e. The first-order chi connectivity index (χ1) is 9.49. The van der Waals surface area contributed by atoms with Gasteiger partial charge in [-0.3, -0.25) is 10.1 Å². The predicted octanol–water partition coefficient (Wildman–Crippen LogP) is 3.85. The fraction of sp³-hybridized carbons (Fsp3) is 0. The molecule has 0 radical (unpaired) electrons. The van der Waals surface area contributed by atoms with Gasteiger partial charge in [0.1, 0.15) is 5.75 Å². The maximum absolute atomic E-state index is 10.9. The number of benzene rings is 2. The summed E-state index contributed by atoms with van der Waals surface area (Å²) in [6.45, 7) is 0. The summed E-state index contributed by atoms with van der Waals surface area (Å²) in [7, 11) is 0. The zero-order chi connectivity index (χ0) is 14.7. The monoisotopic (exact) mass is 337 g/mol. The maximum Gasteiger partial charge on any atom is 0.335 e. The summed E-state index contributed by atoms with van der Waals surface area (Å²) in [6, 6.07) is 10.1. The molecule has 0 spiro atoms. The van der Waals surface area contributed by atoms with Crippen molar-refractivity contribution in [2.24, 2.45) is 0 Å². The predicted molar refractivity (Wildman–Crippen MR) is 74.3 cm³/mol. The van der Waals surface area contributed by atoms with E-state index in [9.17, 15) is 14.9 Å². The van der Waals surface area contributed by atoms with Crippen LogP contribution in [0.25, 0.3) is 0 Å². The van der Waals surface area contributed by atoms with Crippen molar-refractivity contribution in [3.05, 3.63) is 62.6 Å². The van der Waals surface area contributed by atoms with Gasteiger partial charge in [0.2, 0.25) is 5.75 Å². The fourth-order valence-electron chi connectivity index (χ4n) is 1.53. The molecule has 0 aliphatic carbocycles. The van der Waals surface area contributed by atoms with Crippen LogP contribution in [0.3, 0.4) is 0 Å². The normalized spacial score (nSPS) is 10.1. The van der Waals surface area contributed by atoms with Crippen LogP contribution in [0.5, 0.6) is 11.5 Å². The molecule has 2 aromatic rings. The molecule has 0 fully saturated rings. The van der Waals surface area contributed by atoms with E-state index in [0.717, 1.165) is 0 Å². The van der Waals surface area contributed by atoms with Crippen molar-refractivity contribution in [3.8, 4) is 11.5 Å². The van der Waals surface area contributed by atoms with Crippen molar-refractivity contribution < 1.29 is 19.6 Å². The molecular weight excluding hydrogens is 330 g/mol. The number of hydrogen-bond donors (Lipinski definition) is 1. The number of para-hydroxylation sites is 2.